The third kappa shape index (κ3) is 3.91. The number of aromatic nitrogens is 2. The fourth-order valence-corrected chi connectivity index (χ4v) is 3.03. The summed E-state index contributed by atoms with van der Waals surface area (Å²) in [6.07, 6.45) is 4.92. The van der Waals surface area contributed by atoms with Gasteiger partial charge in [-0.15, -0.1) is 0 Å². The molecule has 0 amide bonds. The second-order valence-electron chi connectivity index (χ2n) is 5.84. The van der Waals surface area contributed by atoms with E-state index in [1.807, 2.05) is 32.2 Å². The molecule has 0 fully saturated rings. The molecule has 4 rings (SSSR count). The Kier molecular flexibility index (Phi) is 6.43. The number of fused-ring (bicyclic) bond motifs is 2. The van der Waals surface area contributed by atoms with Crippen molar-refractivity contribution in [1.82, 2.24) is 9.97 Å². The van der Waals surface area contributed by atoms with Gasteiger partial charge in [-0.25, -0.2) is 8.78 Å². The third-order valence-corrected chi connectivity index (χ3v) is 4.59. The van der Waals surface area contributed by atoms with E-state index in [0.717, 1.165) is 33.8 Å². The van der Waals surface area contributed by atoms with Crippen molar-refractivity contribution in [3.8, 4) is 0 Å². The quantitative estimate of drug-likeness (QED) is 0.376. The number of benzene rings is 2. The van der Waals surface area contributed by atoms with Crippen LogP contribution in [-0.2, 0) is 12.8 Å². The minimum absolute atomic E-state index is 0. The zero-order valence-corrected chi connectivity index (χ0v) is 14.8. The molecular formula is C21H23ClF2N2. The van der Waals surface area contributed by atoms with Crippen LogP contribution in [0.15, 0.2) is 42.7 Å². The maximum Gasteiger partial charge on any atom is 0.128 e. The molecule has 138 valence electrons. The molecule has 5 heteroatoms. The highest BCUT2D eigenvalue weighted by Gasteiger charge is 2.06. The summed E-state index contributed by atoms with van der Waals surface area (Å²) in [5.74, 6) is -0.291. The van der Waals surface area contributed by atoms with Crippen LogP contribution in [0.2, 0.25) is 5.02 Å². The molecule has 0 aliphatic rings. The summed E-state index contributed by atoms with van der Waals surface area (Å²) >= 11 is 5.90. The van der Waals surface area contributed by atoms with Crippen LogP contribution in [-0.4, -0.2) is 9.97 Å². The van der Waals surface area contributed by atoms with Crippen molar-refractivity contribution in [2.45, 2.75) is 34.1 Å². The third-order valence-electron chi connectivity index (χ3n) is 4.28. The van der Waals surface area contributed by atoms with Gasteiger partial charge in [0.1, 0.15) is 11.6 Å². The molecule has 2 aromatic heterocycles. The van der Waals surface area contributed by atoms with Crippen LogP contribution in [0.3, 0.4) is 0 Å². The summed E-state index contributed by atoms with van der Waals surface area (Å²) in [5, 5.41) is 2.61. The number of nitrogens with one attached hydrogen (secondary N) is 2. The van der Waals surface area contributed by atoms with E-state index in [9.17, 15) is 8.78 Å². The standard InChI is InChI=1S/C10H9ClFN.C10H10FN.CH4/c1-2-6-3-7-8(11)5-13-10(7)4-9(6)12;1-2-7-5-8-3-4-12-10(8)6-9(7)11;/h3-5,13H,2H2,1H3;3-6,12H,2H2,1H3;1H4. The van der Waals surface area contributed by atoms with Gasteiger partial charge in [0, 0.05) is 28.8 Å². The largest absolute Gasteiger partial charge is 0.361 e. The molecule has 0 atom stereocenters. The van der Waals surface area contributed by atoms with E-state index in [2.05, 4.69) is 9.97 Å². The summed E-state index contributed by atoms with van der Waals surface area (Å²) in [6.45, 7) is 3.88. The van der Waals surface area contributed by atoms with Crippen LogP contribution in [0.1, 0.15) is 32.4 Å². The minimum Gasteiger partial charge on any atom is -0.361 e. The van der Waals surface area contributed by atoms with Crippen LogP contribution in [0.25, 0.3) is 21.8 Å². The lowest BCUT2D eigenvalue weighted by Gasteiger charge is -1.99. The first kappa shape index (κ1) is 20.0. The number of aryl methyl sites for hydroxylation is 2. The Morgan fingerprint density at radius 3 is 2.15 bits per heavy atom. The fraction of sp³-hybridized carbons (Fsp3) is 0.238. The van der Waals surface area contributed by atoms with Gasteiger partial charge < -0.3 is 9.97 Å². The van der Waals surface area contributed by atoms with E-state index in [1.165, 1.54) is 6.07 Å². The van der Waals surface area contributed by atoms with Gasteiger partial charge in [-0.1, -0.05) is 32.9 Å². The van der Waals surface area contributed by atoms with Crippen molar-refractivity contribution in [2.75, 3.05) is 0 Å². The normalized spacial score (nSPS) is 10.5. The molecule has 2 aromatic carbocycles. The molecule has 0 saturated heterocycles. The van der Waals surface area contributed by atoms with Crippen molar-refractivity contribution in [3.05, 3.63) is 70.5 Å². The molecule has 0 saturated carbocycles. The summed E-state index contributed by atoms with van der Waals surface area (Å²) in [4.78, 5) is 5.88. The van der Waals surface area contributed by atoms with Gasteiger partial charge in [-0.05, 0) is 59.7 Å². The topological polar surface area (TPSA) is 31.6 Å². The van der Waals surface area contributed by atoms with E-state index < -0.39 is 0 Å². The Labute approximate surface area is 157 Å². The summed E-state index contributed by atoms with van der Waals surface area (Å²) < 4.78 is 26.4. The van der Waals surface area contributed by atoms with Gasteiger partial charge in [0.25, 0.3) is 0 Å². The van der Waals surface area contributed by atoms with Crippen LogP contribution < -0.4 is 0 Å². The van der Waals surface area contributed by atoms with E-state index in [4.69, 9.17) is 11.6 Å². The highest BCUT2D eigenvalue weighted by molar-refractivity contribution is 6.35. The Balaban J connectivity index is 0.000000180. The molecule has 2 heterocycles. The second kappa shape index (κ2) is 8.37. The molecule has 4 aromatic rings. The average molecular weight is 377 g/mol. The number of hydrogen-bond donors (Lipinski definition) is 2. The van der Waals surface area contributed by atoms with Crippen molar-refractivity contribution in [2.24, 2.45) is 0 Å². The molecular weight excluding hydrogens is 354 g/mol. The summed E-state index contributed by atoms with van der Waals surface area (Å²) in [7, 11) is 0. The predicted octanol–water partition coefficient (Wildman–Crippen LogP) is 7.03. The number of H-pyrrole nitrogens is 2. The molecule has 2 nitrogen and oxygen atoms in total. The molecule has 0 aliphatic carbocycles. The maximum atomic E-state index is 13.3. The van der Waals surface area contributed by atoms with Crippen LogP contribution in [0.5, 0.6) is 0 Å². The van der Waals surface area contributed by atoms with Gasteiger partial charge in [-0.2, -0.15) is 0 Å². The van der Waals surface area contributed by atoms with Crippen LogP contribution >= 0.6 is 11.6 Å². The monoisotopic (exact) mass is 376 g/mol. The molecule has 0 unspecified atom stereocenters. The number of aromatic amines is 2. The molecule has 26 heavy (non-hydrogen) atoms. The molecule has 0 radical (unpaired) electrons. The SMILES string of the molecule is C.CCc1cc2c(Cl)c[nH]c2cc1F.CCc1cc2cc[nH]c2cc1F. The predicted molar refractivity (Wildman–Crippen MR) is 107 cm³/mol. The summed E-state index contributed by atoms with van der Waals surface area (Å²) in [6, 6.07) is 8.67. The Morgan fingerprint density at radius 1 is 0.885 bits per heavy atom. The van der Waals surface area contributed by atoms with Crippen molar-refractivity contribution in [1.29, 1.82) is 0 Å². The molecule has 0 bridgehead atoms. The smallest absolute Gasteiger partial charge is 0.128 e. The number of halogens is 3. The fourth-order valence-electron chi connectivity index (χ4n) is 2.82. The first-order valence-electron chi connectivity index (χ1n) is 8.24. The summed E-state index contributed by atoms with van der Waals surface area (Å²) in [5.41, 5.74) is 3.10. The van der Waals surface area contributed by atoms with Gasteiger partial charge in [0.05, 0.1) is 5.02 Å². The molecule has 0 spiro atoms. The zero-order valence-electron chi connectivity index (χ0n) is 14.1. The van der Waals surface area contributed by atoms with Crippen LogP contribution in [0.4, 0.5) is 8.78 Å². The average Bonchev–Trinajstić information content (AvgIpc) is 3.20. The number of hydrogen-bond acceptors (Lipinski definition) is 0. The van der Waals surface area contributed by atoms with Gasteiger partial charge in [0.15, 0.2) is 0 Å². The van der Waals surface area contributed by atoms with Gasteiger partial charge in [-0.3, -0.25) is 0 Å². The Bertz CT molecular complexity index is 1020. The van der Waals surface area contributed by atoms with Crippen molar-refractivity contribution < 1.29 is 8.78 Å². The van der Waals surface area contributed by atoms with Crippen molar-refractivity contribution >= 4 is 33.4 Å². The van der Waals surface area contributed by atoms with Crippen LogP contribution in [0, 0.1) is 11.6 Å². The minimum atomic E-state index is -0.173. The highest BCUT2D eigenvalue weighted by atomic mass is 35.5. The Hall–Kier alpha value is -2.33. The lowest BCUT2D eigenvalue weighted by atomic mass is 10.1. The van der Waals surface area contributed by atoms with E-state index in [-0.39, 0.29) is 19.1 Å². The van der Waals surface area contributed by atoms with Gasteiger partial charge >= 0.3 is 0 Å². The van der Waals surface area contributed by atoms with E-state index in [0.29, 0.717) is 17.0 Å². The first-order chi connectivity index (χ1) is 12.0. The lowest BCUT2D eigenvalue weighted by Crippen LogP contribution is -1.86. The van der Waals surface area contributed by atoms with Crippen molar-refractivity contribution in [3.63, 3.8) is 0 Å². The molecule has 0 aliphatic heterocycles. The second-order valence-corrected chi connectivity index (χ2v) is 6.25. The van der Waals surface area contributed by atoms with E-state index in [1.54, 1.807) is 18.3 Å². The maximum absolute atomic E-state index is 13.3. The van der Waals surface area contributed by atoms with Gasteiger partial charge in [0.2, 0.25) is 0 Å². The lowest BCUT2D eigenvalue weighted by molar-refractivity contribution is 0.613. The first-order valence-corrected chi connectivity index (χ1v) is 8.61. The number of rotatable bonds is 2. The van der Waals surface area contributed by atoms with E-state index >= 15 is 0 Å². The Morgan fingerprint density at radius 2 is 1.50 bits per heavy atom. The highest BCUT2D eigenvalue weighted by Crippen LogP contribution is 2.25. The molecule has 2 N–H and O–H groups in total. The zero-order chi connectivity index (χ0) is 18.0.